The Morgan fingerprint density at radius 3 is 2.29 bits per heavy atom. The second-order valence-electron chi connectivity index (χ2n) is 9.30. The van der Waals surface area contributed by atoms with Crippen LogP contribution in [0.25, 0.3) is 0 Å². The van der Waals surface area contributed by atoms with Crippen LogP contribution in [0.2, 0.25) is 0 Å². The van der Waals surface area contributed by atoms with Crippen molar-refractivity contribution in [2.24, 2.45) is 22.4 Å². The van der Waals surface area contributed by atoms with Crippen molar-refractivity contribution in [3.05, 3.63) is 64.1 Å². The summed E-state index contributed by atoms with van der Waals surface area (Å²) in [6.07, 6.45) is 1.72. The van der Waals surface area contributed by atoms with Crippen molar-refractivity contribution < 1.29 is 14.4 Å². The molecule has 0 unspecified atom stereocenters. The SMILES string of the molecule is CC(C)(C)C(=O)[C@@H]1[C@@H]2C(=O)N(c3ccc(Br)cc3)C(=O)[C@H]2[C@H]2c3ccccc3C=NN12. The predicted molar refractivity (Wildman–Crippen MR) is 120 cm³/mol. The molecule has 0 aromatic heterocycles. The Hall–Kier alpha value is -2.80. The van der Waals surface area contributed by atoms with E-state index in [1.165, 1.54) is 4.90 Å². The highest BCUT2D eigenvalue weighted by Crippen LogP contribution is 2.53. The zero-order chi connectivity index (χ0) is 22.1. The number of ketones is 1. The first-order valence-corrected chi connectivity index (χ1v) is 11.1. The predicted octanol–water partition coefficient (Wildman–Crippen LogP) is 3.94. The molecule has 6 nitrogen and oxygen atoms in total. The van der Waals surface area contributed by atoms with E-state index in [-0.39, 0.29) is 17.6 Å². The van der Waals surface area contributed by atoms with Gasteiger partial charge in [-0.05, 0) is 35.4 Å². The van der Waals surface area contributed by atoms with Crippen molar-refractivity contribution in [3.63, 3.8) is 0 Å². The van der Waals surface area contributed by atoms with Crippen LogP contribution in [-0.4, -0.2) is 34.9 Å². The summed E-state index contributed by atoms with van der Waals surface area (Å²) in [5, 5.41) is 6.28. The first kappa shape index (κ1) is 20.1. The number of hydrogen-bond acceptors (Lipinski definition) is 5. The summed E-state index contributed by atoms with van der Waals surface area (Å²) in [5.74, 6) is -2.12. The Bertz CT molecular complexity index is 1140. The zero-order valence-corrected chi connectivity index (χ0v) is 19.0. The van der Waals surface area contributed by atoms with Crippen LogP contribution >= 0.6 is 15.9 Å². The third-order valence-corrected chi connectivity index (χ3v) is 6.91. The molecular formula is C24H22BrN3O3. The molecule has 2 fully saturated rings. The third-order valence-electron chi connectivity index (χ3n) is 6.39. The first-order valence-electron chi connectivity index (χ1n) is 10.3. The Morgan fingerprint density at radius 2 is 1.61 bits per heavy atom. The second kappa shape index (κ2) is 6.85. The molecule has 0 aliphatic carbocycles. The molecular weight excluding hydrogens is 458 g/mol. The van der Waals surface area contributed by atoms with Gasteiger partial charge in [0.05, 0.1) is 29.8 Å². The van der Waals surface area contributed by atoms with Crippen LogP contribution in [-0.2, 0) is 14.4 Å². The molecule has 3 aliphatic rings. The van der Waals surface area contributed by atoms with E-state index in [9.17, 15) is 14.4 Å². The number of fused-ring (bicyclic) bond motifs is 5. The van der Waals surface area contributed by atoms with Gasteiger partial charge >= 0.3 is 0 Å². The number of amides is 2. The minimum atomic E-state index is -0.781. The summed E-state index contributed by atoms with van der Waals surface area (Å²) in [5.41, 5.74) is 1.68. The molecule has 0 spiro atoms. The lowest BCUT2D eigenvalue weighted by Gasteiger charge is -2.35. The van der Waals surface area contributed by atoms with Gasteiger partial charge < -0.3 is 0 Å². The van der Waals surface area contributed by atoms with Crippen molar-refractivity contribution >= 4 is 45.4 Å². The summed E-state index contributed by atoms with van der Waals surface area (Å²) >= 11 is 3.39. The van der Waals surface area contributed by atoms with Crippen LogP contribution < -0.4 is 4.90 Å². The van der Waals surface area contributed by atoms with Gasteiger partial charge in [0.15, 0.2) is 5.78 Å². The molecule has 0 radical (unpaired) electrons. The number of carbonyl (C=O) groups is 3. The van der Waals surface area contributed by atoms with E-state index >= 15 is 0 Å². The number of anilines is 1. The maximum Gasteiger partial charge on any atom is 0.240 e. The molecule has 0 N–H and O–H groups in total. The maximum atomic E-state index is 13.7. The highest BCUT2D eigenvalue weighted by Gasteiger charge is 2.66. The number of nitrogens with zero attached hydrogens (tertiary/aromatic N) is 3. The second-order valence-corrected chi connectivity index (χ2v) is 10.2. The molecule has 2 aromatic rings. The standard InChI is InChI=1S/C24H22BrN3O3/c1-24(2,3)21(29)20-18-17(19-16-7-5-4-6-13(16)12-26-28(19)20)22(30)27(23(18)31)15-10-8-14(25)9-11-15/h4-12,17-20H,1-3H3/t17-,18-,19-,20+/m1/s1. The van der Waals surface area contributed by atoms with E-state index in [1.54, 1.807) is 35.5 Å². The van der Waals surface area contributed by atoms with Crippen molar-refractivity contribution in [2.45, 2.75) is 32.9 Å². The molecule has 2 amide bonds. The third kappa shape index (κ3) is 2.90. The lowest BCUT2D eigenvalue weighted by atomic mass is 9.79. The zero-order valence-electron chi connectivity index (χ0n) is 17.4. The Morgan fingerprint density at radius 1 is 0.968 bits per heavy atom. The molecule has 3 heterocycles. The van der Waals surface area contributed by atoms with Gasteiger partial charge in [0, 0.05) is 9.89 Å². The fourth-order valence-corrected chi connectivity index (χ4v) is 5.22. The van der Waals surface area contributed by atoms with Crippen molar-refractivity contribution in [2.75, 3.05) is 4.90 Å². The van der Waals surface area contributed by atoms with Crippen molar-refractivity contribution in [3.8, 4) is 0 Å². The van der Waals surface area contributed by atoms with E-state index in [4.69, 9.17) is 0 Å². The van der Waals surface area contributed by atoms with Gasteiger partial charge in [-0.25, -0.2) is 4.90 Å². The molecule has 3 aliphatic heterocycles. The van der Waals surface area contributed by atoms with E-state index in [2.05, 4.69) is 21.0 Å². The minimum Gasteiger partial charge on any atom is -0.297 e. The topological polar surface area (TPSA) is 70.0 Å². The van der Waals surface area contributed by atoms with Gasteiger partial charge in [0.25, 0.3) is 0 Å². The number of rotatable bonds is 2. The molecule has 4 atom stereocenters. The molecule has 5 rings (SSSR count). The fourth-order valence-electron chi connectivity index (χ4n) is 4.96. The first-order chi connectivity index (χ1) is 14.7. The highest BCUT2D eigenvalue weighted by molar-refractivity contribution is 9.10. The van der Waals surface area contributed by atoms with Crippen LogP contribution in [0.4, 0.5) is 5.69 Å². The molecule has 0 saturated carbocycles. The van der Waals surface area contributed by atoms with Crippen LogP contribution in [0.15, 0.2) is 58.1 Å². The van der Waals surface area contributed by atoms with Crippen LogP contribution in [0.1, 0.15) is 37.9 Å². The smallest absolute Gasteiger partial charge is 0.240 e. The Kier molecular flexibility index (Phi) is 4.45. The number of carbonyl (C=O) groups excluding carboxylic acids is 3. The average molecular weight is 480 g/mol. The quantitative estimate of drug-likeness (QED) is 0.611. The lowest BCUT2D eigenvalue weighted by Crippen LogP contribution is -2.48. The molecule has 7 heteroatoms. The number of benzene rings is 2. The lowest BCUT2D eigenvalue weighted by molar-refractivity contribution is -0.136. The average Bonchev–Trinajstić information content (AvgIpc) is 3.20. The Balaban J connectivity index is 1.66. The number of hydrogen-bond donors (Lipinski definition) is 0. The van der Waals surface area contributed by atoms with Crippen molar-refractivity contribution in [1.29, 1.82) is 0 Å². The highest BCUT2D eigenvalue weighted by atomic mass is 79.9. The summed E-state index contributed by atoms with van der Waals surface area (Å²) in [4.78, 5) is 42.1. The monoisotopic (exact) mass is 479 g/mol. The van der Waals surface area contributed by atoms with Crippen LogP contribution in [0, 0.1) is 17.3 Å². The molecule has 0 bridgehead atoms. The number of hydrazone groups is 1. The van der Waals surface area contributed by atoms with E-state index in [0.717, 1.165) is 15.6 Å². The van der Waals surface area contributed by atoms with Gasteiger partial charge in [-0.2, -0.15) is 5.10 Å². The molecule has 2 saturated heterocycles. The number of Topliss-reactive ketones (excluding diaryl/α,β-unsaturated/α-hetero) is 1. The molecule has 2 aromatic carbocycles. The maximum absolute atomic E-state index is 13.7. The molecule has 31 heavy (non-hydrogen) atoms. The summed E-state index contributed by atoms with van der Waals surface area (Å²) < 4.78 is 0.859. The molecule has 158 valence electrons. The normalized spacial score (nSPS) is 26.7. The van der Waals surface area contributed by atoms with Crippen molar-refractivity contribution in [1.82, 2.24) is 5.01 Å². The van der Waals surface area contributed by atoms with Gasteiger partial charge in [-0.3, -0.25) is 19.4 Å². The van der Waals surface area contributed by atoms with E-state index in [1.807, 2.05) is 45.0 Å². The summed E-state index contributed by atoms with van der Waals surface area (Å²) in [6.45, 7) is 5.52. The van der Waals surface area contributed by atoms with Crippen LogP contribution in [0.5, 0.6) is 0 Å². The largest absolute Gasteiger partial charge is 0.297 e. The summed E-state index contributed by atoms with van der Waals surface area (Å²) in [7, 11) is 0. The van der Waals surface area contributed by atoms with Gasteiger partial charge in [0.2, 0.25) is 11.8 Å². The fraction of sp³-hybridized carbons (Fsp3) is 0.333. The minimum absolute atomic E-state index is 0.0830. The van der Waals surface area contributed by atoms with E-state index < -0.39 is 29.3 Å². The number of imide groups is 1. The van der Waals surface area contributed by atoms with Gasteiger partial charge in [-0.15, -0.1) is 0 Å². The van der Waals surface area contributed by atoms with Crippen LogP contribution in [0.3, 0.4) is 0 Å². The number of halogens is 1. The van der Waals surface area contributed by atoms with Gasteiger partial charge in [0.1, 0.15) is 6.04 Å². The van der Waals surface area contributed by atoms with Gasteiger partial charge in [-0.1, -0.05) is 61.0 Å². The summed E-state index contributed by atoms with van der Waals surface area (Å²) in [6, 6.07) is 13.6. The van der Waals surface area contributed by atoms with E-state index in [0.29, 0.717) is 5.69 Å². The Labute approximate surface area is 189 Å².